The van der Waals surface area contributed by atoms with Crippen molar-refractivity contribution >= 4 is 29.0 Å². The second-order valence-corrected chi connectivity index (χ2v) is 6.96. The third kappa shape index (κ3) is 4.56. The summed E-state index contributed by atoms with van der Waals surface area (Å²) < 4.78 is 11.3. The molecule has 0 aliphatic rings. The standard InChI is InChI=1S/C20H20Cl2N2O5/c1-4-29-18-14(21)8-12(9-15(18)22)17(25)16-11(2)13(10-23)19(26)24(20(16)27)6-5-7-28-3/h8-9,27H,4-7H2,1-3H3. The lowest BCUT2D eigenvalue weighted by Gasteiger charge is -2.16. The Labute approximate surface area is 178 Å². The van der Waals surface area contributed by atoms with E-state index >= 15 is 0 Å². The second-order valence-electron chi connectivity index (χ2n) is 6.14. The molecule has 1 N–H and O–H groups in total. The van der Waals surface area contributed by atoms with Crippen molar-refractivity contribution in [2.45, 2.75) is 26.8 Å². The van der Waals surface area contributed by atoms with Gasteiger partial charge in [0.1, 0.15) is 11.6 Å². The SMILES string of the molecule is CCOc1c(Cl)cc(C(=O)c2c(C)c(C#N)c(=O)n(CCCOC)c2O)cc1Cl. The third-order valence-electron chi connectivity index (χ3n) is 4.31. The van der Waals surface area contributed by atoms with Crippen LogP contribution < -0.4 is 10.3 Å². The van der Waals surface area contributed by atoms with E-state index in [2.05, 4.69) is 0 Å². The van der Waals surface area contributed by atoms with Gasteiger partial charge in [-0.05, 0) is 38.0 Å². The molecule has 154 valence electrons. The number of pyridine rings is 1. The molecule has 0 fully saturated rings. The number of rotatable bonds is 8. The van der Waals surface area contributed by atoms with Crippen LogP contribution in [0.25, 0.3) is 0 Å². The summed E-state index contributed by atoms with van der Waals surface area (Å²) in [4.78, 5) is 25.7. The summed E-state index contributed by atoms with van der Waals surface area (Å²) in [6.07, 6.45) is 0.409. The molecule has 2 rings (SSSR count). The highest BCUT2D eigenvalue weighted by Crippen LogP contribution is 2.36. The number of hydrogen-bond donors (Lipinski definition) is 1. The zero-order chi connectivity index (χ0) is 21.7. The van der Waals surface area contributed by atoms with Crippen LogP contribution in [0.5, 0.6) is 11.6 Å². The summed E-state index contributed by atoms with van der Waals surface area (Å²) in [5.74, 6) is -0.895. The van der Waals surface area contributed by atoms with E-state index in [1.54, 1.807) is 6.92 Å². The first-order valence-corrected chi connectivity index (χ1v) is 9.55. The molecule has 0 saturated carbocycles. The summed E-state index contributed by atoms with van der Waals surface area (Å²) in [5, 5.41) is 20.4. The molecule has 1 aromatic heterocycles. The van der Waals surface area contributed by atoms with Crippen LogP contribution in [0, 0.1) is 18.3 Å². The van der Waals surface area contributed by atoms with Gasteiger partial charge in [-0.2, -0.15) is 5.26 Å². The van der Waals surface area contributed by atoms with Crippen LogP contribution >= 0.6 is 23.2 Å². The number of halogens is 2. The predicted octanol–water partition coefficient (Wildman–Crippen LogP) is 3.71. The fourth-order valence-corrected chi connectivity index (χ4v) is 3.51. The smallest absolute Gasteiger partial charge is 0.271 e. The number of nitrogens with zero attached hydrogens (tertiary/aromatic N) is 2. The van der Waals surface area contributed by atoms with Gasteiger partial charge in [0.15, 0.2) is 11.5 Å². The molecule has 7 nitrogen and oxygen atoms in total. The van der Waals surface area contributed by atoms with Gasteiger partial charge in [0.25, 0.3) is 5.56 Å². The number of nitriles is 1. The summed E-state index contributed by atoms with van der Waals surface area (Å²) in [5.41, 5.74) is -0.864. The molecule has 0 unspecified atom stereocenters. The van der Waals surface area contributed by atoms with Crippen molar-refractivity contribution in [3.63, 3.8) is 0 Å². The van der Waals surface area contributed by atoms with Crippen molar-refractivity contribution < 1.29 is 19.4 Å². The molecule has 2 aromatic rings. The van der Waals surface area contributed by atoms with E-state index in [4.69, 9.17) is 32.7 Å². The van der Waals surface area contributed by atoms with Gasteiger partial charge in [0.05, 0.1) is 22.2 Å². The van der Waals surface area contributed by atoms with Crippen LogP contribution in [0.4, 0.5) is 0 Å². The van der Waals surface area contributed by atoms with E-state index in [0.717, 1.165) is 4.57 Å². The van der Waals surface area contributed by atoms with Gasteiger partial charge in [-0.1, -0.05) is 23.2 Å². The van der Waals surface area contributed by atoms with E-state index in [1.165, 1.54) is 26.2 Å². The third-order valence-corrected chi connectivity index (χ3v) is 4.87. The Balaban J connectivity index is 2.65. The van der Waals surface area contributed by atoms with Crippen LogP contribution in [0.2, 0.25) is 10.0 Å². The van der Waals surface area contributed by atoms with E-state index < -0.39 is 17.2 Å². The van der Waals surface area contributed by atoms with Gasteiger partial charge < -0.3 is 14.6 Å². The monoisotopic (exact) mass is 438 g/mol. The minimum Gasteiger partial charge on any atom is -0.494 e. The van der Waals surface area contributed by atoms with Crippen LogP contribution in [0.1, 0.15) is 40.4 Å². The van der Waals surface area contributed by atoms with Crippen molar-refractivity contribution in [2.75, 3.05) is 20.3 Å². The lowest BCUT2D eigenvalue weighted by Crippen LogP contribution is -2.27. The second kappa shape index (κ2) is 9.79. The molecule has 9 heteroatoms. The van der Waals surface area contributed by atoms with Gasteiger partial charge in [0, 0.05) is 25.8 Å². The highest BCUT2D eigenvalue weighted by Gasteiger charge is 2.26. The van der Waals surface area contributed by atoms with Gasteiger partial charge >= 0.3 is 0 Å². The molecule has 1 heterocycles. The maximum Gasteiger partial charge on any atom is 0.271 e. The normalized spacial score (nSPS) is 10.6. The number of methoxy groups -OCH3 is 1. The van der Waals surface area contributed by atoms with Crippen molar-refractivity contribution in [1.82, 2.24) is 4.57 Å². The Morgan fingerprint density at radius 1 is 1.31 bits per heavy atom. The van der Waals surface area contributed by atoms with E-state index in [-0.39, 0.29) is 44.6 Å². The van der Waals surface area contributed by atoms with Gasteiger partial charge in [-0.3, -0.25) is 14.2 Å². The molecule has 0 radical (unpaired) electrons. The van der Waals surface area contributed by atoms with Crippen LogP contribution in [-0.4, -0.2) is 35.8 Å². The molecule has 0 atom stereocenters. The number of aromatic hydroxyl groups is 1. The Hall–Kier alpha value is -2.53. The summed E-state index contributed by atoms with van der Waals surface area (Å²) in [7, 11) is 1.51. The number of ketones is 1. The molecular weight excluding hydrogens is 419 g/mol. The van der Waals surface area contributed by atoms with Crippen LogP contribution in [0.3, 0.4) is 0 Å². The number of hydrogen-bond acceptors (Lipinski definition) is 6. The first-order chi connectivity index (χ1) is 13.8. The van der Waals surface area contributed by atoms with Crippen molar-refractivity contribution in [3.8, 4) is 17.7 Å². The van der Waals surface area contributed by atoms with E-state index in [0.29, 0.717) is 19.6 Å². The topological polar surface area (TPSA) is 102 Å². The predicted molar refractivity (Wildman–Crippen MR) is 109 cm³/mol. The lowest BCUT2D eigenvalue weighted by atomic mass is 9.97. The first kappa shape index (κ1) is 22.8. The minimum absolute atomic E-state index is 0.0819. The molecule has 0 saturated heterocycles. The van der Waals surface area contributed by atoms with Gasteiger partial charge in [-0.25, -0.2) is 0 Å². The number of carbonyl (C=O) groups excluding carboxylic acids is 1. The zero-order valence-corrected chi connectivity index (χ0v) is 17.7. The lowest BCUT2D eigenvalue weighted by molar-refractivity contribution is 0.103. The molecule has 0 bridgehead atoms. The fourth-order valence-electron chi connectivity index (χ4n) is 2.91. The van der Waals surface area contributed by atoms with Crippen molar-refractivity contribution in [1.29, 1.82) is 5.26 Å². The molecule has 0 aliphatic carbocycles. The Bertz CT molecular complexity index is 1020. The molecule has 0 spiro atoms. The Morgan fingerprint density at radius 3 is 2.45 bits per heavy atom. The minimum atomic E-state index is -0.669. The van der Waals surface area contributed by atoms with Crippen molar-refractivity contribution in [2.24, 2.45) is 0 Å². The first-order valence-electron chi connectivity index (χ1n) is 8.80. The fraction of sp³-hybridized carbons (Fsp3) is 0.350. The summed E-state index contributed by atoms with van der Waals surface area (Å²) in [6.45, 7) is 3.96. The van der Waals surface area contributed by atoms with Crippen molar-refractivity contribution in [3.05, 3.63) is 54.8 Å². The molecule has 1 aromatic carbocycles. The molecule has 29 heavy (non-hydrogen) atoms. The van der Waals surface area contributed by atoms with E-state index in [9.17, 15) is 20.0 Å². The molecule has 0 aliphatic heterocycles. The summed E-state index contributed by atoms with van der Waals surface area (Å²) in [6, 6.07) is 4.55. The molecule has 0 amide bonds. The largest absolute Gasteiger partial charge is 0.494 e. The van der Waals surface area contributed by atoms with Crippen LogP contribution in [0.15, 0.2) is 16.9 Å². The highest BCUT2D eigenvalue weighted by atomic mass is 35.5. The zero-order valence-electron chi connectivity index (χ0n) is 16.2. The van der Waals surface area contributed by atoms with Gasteiger partial charge in [0.2, 0.25) is 5.88 Å². The average Bonchev–Trinajstić information content (AvgIpc) is 2.67. The van der Waals surface area contributed by atoms with E-state index in [1.807, 2.05) is 6.07 Å². The summed E-state index contributed by atoms with van der Waals surface area (Å²) >= 11 is 12.4. The Kier molecular flexibility index (Phi) is 7.68. The maximum absolute atomic E-state index is 13.2. The average molecular weight is 439 g/mol. The highest BCUT2D eigenvalue weighted by molar-refractivity contribution is 6.38. The Morgan fingerprint density at radius 2 is 1.93 bits per heavy atom. The number of aromatic nitrogens is 1. The number of carbonyl (C=O) groups is 1. The molecular formula is C20H20Cl2N2O5. The van der Waals surface area contributed by atoms with Gasteiger partial charge in [-0.15, -0.1) is 0 Å². The number of benzene rings is 1. The number of ether oxygens (including phenoxy) is 2. The van der Waals surface area contributed by atoms with Crippen LogP contribution in [-0.2, 0) is 11.3 Å². The maximum atomic E-state index is 13.2. The quantitative estimate of drug-likeness (QED) is 0.497.